The summed E-state index contributed by atoms with van der Waals surface area (Å²) in [4.78, 5) is 0.230. The van der Waals surface area contributed by atoms with Gasteiger partial charge in [-0.1, -0.05) is 69.6 Å². The second-order valence-electron chi connectivity index (χ2n) is 7.12. The molecule has 0 fully saturated rings. The highest BCUT2D eigenvalue weighted by Gasteiger charge is 2.14. The minimum Gasteiger partial charge on any atom is -0.266 e. The van der Waals surface area contributed by atoms with Gasteiger partial charge in [-0.2, -0.15) is 8.42 Å². The molecule has 4 heteroatoms. The summed E-state index contributed by atoms with van der Waals surface area (Å²) < 4.78 is 29.2. The van der Waals surface area contributed by atoms with Crippen molar-refractivity contribution in [3.05, 3.63) is 29.8 Å². The van der Waals surface area contributed by atoms with Crippen LogP contribution < -0.4 is 0 Å². The maximum atomic E-state index is 12.0. The number of unbranched alkanes of at least 4 members (excludes halogenated alkanes) is 10. The third kappa shape index (κ3) is 11.9. The van der Waals surface area contributed by atoms with E-state index < -0.39 is 10.1 Å². The van der Waals surface area contributed by atoms with Crippen LogP contribution >= 0.6 is 0 Å². The monoisotopic (exact) mass is 392 g/mol. The molecule has 152 valence electrons. The Balaban J connectivity index is 1.99. The quantitative estimate of drug-likeness (QED) is 0.209. The van der Waals surface area contributed by atoms with Gasteiger partial charge in [0.05, 0.1) is 11.5 Å². The maximum absolute atomic E-state index is 12.0. The minimum atomic E-state index is -3.62. The molecule has 27 heavy (non-hydrogen) atoms. The number of hydrogen-bond donors (Lipinski definition) is 0. The van der Waals surface area contributed by atoms with Crippen LogP contribution in [-0.2, 0) is 14.3 Å². The second-order valence-corrected chi connectivity index (χ2v) is 8.74. The molecule has 1 aromatic rings. The fourth-order valence-electron chi connectivity index (χ4n) is 2.78. The molecule has 0 amide bonds. The van der Waals surface area contributed by atoms with Crippen LogP contribution in [0.3, 0.4) is 0 Å². The molecule has 0 aromatic heterocycles. The van der Waals surface area contributed by atoms with Gasteiger partial charge in [-0.25, -0.2) is 0 Å². The van der Waals surface area contributed by atoms with Crippen molar-refractivity contribution >= 4 is 10.1 Å². The van der Waals surface area contributed by atoms with Gasteiger partial charge in [0.25, 0.3) is 10.1 Å². The van der Waals surface area contributed by atoms with Crippen LogP contribution in [0, 0.1) is 18.8 Å². The van der Waals surface area contributed by atoms with E-state index in [-0.39, 0.29) is 11.5 Å². The normalized spacial score (nSPS) is 11.2. The van der Waals surface area contributed by atoms with Gasteiger partial charge in [0.15, 0.2) is 0 Å². The highest BCUT2D eigenvalue weighted by Crippen LogP contribution is 2.14. The third-order valence-electron chi connectivity index (χ3n) is 4.52. The van der Waals surface area contributed by atoms with E-state index in [0.717, 1.165) is 44.1 Å². The lowest BCUT2D eigenvalue weighted by molar-refractivity contribution is 0.306. The first-order chi connectivity index (χ1) is 13.1. The molecule has 0 atom stereocenters. The van der Waals surface area contributed by atoms with E-state index in [9.17, 15) is 8.42 Å². The molecule has 3 nitrogen and oxygen atoms in total. The van der Waals surface area contributed by atoms with Crippen LogP contribution in [0.5, 0.6) is 0 Å². The Hall–Kier alpha value is -1.31. The maximum Gasteiger partial charge on any atom is 0.296 e. The molecule has 0 unspecified atom stereocenters. The predicted molar refractivity (Wildman–Crippen MR) is 113 cm³/mol. The van der Waals surface area contributed by atoms with Crippen molar-refractivity contribution in [1.82, 2.24) is 0 Å². The molecule has 0 saturated carbocycles. The molecule has 0 saturated heterocycles. The van der Waals surface area contributed by atoms with E-state index in [2.05, 4.69) is 18.8 Å². The molecular formula is C23H36O3S. The van der Waals surface area contributed by atoms with Gasteiger partial charge >= 0.3 is 0 Å². The summed E-state index contributed by atoms with van der Waals surface area (Å²) in [5, 5.41) is 0. The average molecular weight is 393 g/mol. The lowest BCUT2D eigenvalue weighted by atomic mass is 10.1. The van der Waals surface area contributed by atoms with Crippen molar-refractivity contribution in [2.45, 2.75) is 95.8 Å². The van der Waals surface area contributed by atoms with Crippen molar-refractivity contribution in [3.8, 4) is 11.8 Å². The Morgan fingerprint density at radius 2 is 1.30 bits per heavy atom. The standard InChI is InChI=1S/C23H36O3S/c1-3-4-5-6-7-8-9-10-11-12-13-14-15-16-21-26-27(24,25)23-19-17-22(2)18-20-23/h17-20H,3-9,12-16,21H2,1-2H3. The van der Waals surface area contributed by atoms with Crippen molar-refractivity contribution < 1.29 is 12.6 Å². The average Bonchev–Trinajstić information content (AvgIpc) is 2.65. The molecule has 0 spiro atoms. The molecule has 0 aliphatic heterocycles. The van der Waals surface area contributed by atoms with E-state index in [1.54, 1.807) is 24.3 Å². The molecule has 0 N–H and O–H groups in total. The predicted octanol–water partition coefficient (Wildman–Crippen LogP) is 6.40. The van der Waals surface area contributed by atoms with E-state index in [4.69, 9.17) is 4.18 Å². The first-order valence-corrected chi connectivity index (χ1v) is 11.9. The smallest absolute Gasteiger partial charge is 0.266 e. The van der Waals surface area contributed by atoms with Gasteiger partial charge in [0.2, 0.25) is 0 Å². The van der Waals surface area contributed by atoms with Gasteiger partial charge in [-0.15, -0.1) is 11.8 Å². The van der Waals surface area contributed by atoms with Gasteiger partial charge in [0.1, 0.15) is 0 Å². The Bertz CT molecular complexity index is 651. The molecule has 0 aliphatic rings. The zero-order valence-corrected chi connectivity index (χ0v) is 18.0. The Kier molecular flexibility index (Phi) is 12.9. The largest absolute Gasteiger partial charge is 0.296 e. The lowest BCUT2D eigenvalue weighted by Gasteiger charge is -2.05. The molecule has 0 bridgehead atoms. The lowest BCUT2D eigenvalue weighted by Crippen LogP contribution is -2.07. The summed E-state index contributed by atoms with van der Waals surface area (Å²) in [6.45, 7) is 4.42. The van der Waals surface area contributed by atoms with Gasteiger partial charge in [-0.05, 0) is 38.3 Å². The Morgan fingerprint density at radius 3 is 1.89 bits per heavy atom. The minimum absolute atomic E-state index is 0.230. The molecular weight excluding hydrogens is 356 g/mol. The zero-order chi connectivity index (χ0) is 19.8. The summed E-state index contributed by atoms with van der Waals surface area (Å²) in [7, 11) is -3.62. The summed E-state index contributed by atoms with van der Waals surface area (Å²) in [5.41, 5.74) is 1.03. The summed E-state index contributed by atoms with van der Waals surface area (Å²) in [6, 6.07) is 6.75. The fourth-order valence-corrected chi connectivity index (χ4v) is 3.72. The fraction of sp³-hybridized carbons (Fsp3) is 0.652. The van der Waals surface area contributed by atoms with Crippen LogP contribution in [0.15, 0.2) is 29.2 Å². The summed E-state index contributed by atoms with van der Waals surface area (Å²) >= 11 is 0. The van der Waals surface area contributed by atoms with Crippen LogP contribution in [-0.4, -0.2) is 15.0 Å². The number of hydrogen-bond acceptors (Lipinski definition) is 3. The van der Waals surface area contributed by atoms with Crippen molar-refractivity contribution in [2.75, 3.05) is 6.61 Å². The number of aryl methyl sites for hydroxylation is 1. The number of benzene rings is 1. The Labute approximate surface area is 167 Å². The molecule has 1 rings (SSSR count). The van der Waals surface area contributed by atoms with E-state index in [1.165, 1.54) is 38.5 Å². The highest BCUT2D eigenvalue weighted by molar-refractivity contribution is 7.86. The van der Waals surface area contributed by atoms with E-state index >= 15 is 0 Å². The summed E-state index contributed by atoms with van der Waals surface area (Å²) in [5.74, 6) is 6.52. The van der Waals surface area contributed by atoms with Crippen LogP contribution in [0.1, 0.15) is 89.5 Å². The zero-order valence-electron chi connectivity index (χ0n) is 17.1. The van der Waals surface area contributed by atoms with Gasteiger partial charge < -0.3 is 0 Å². The van der Waals surface area contributed by atoms with Gasteiger partial charge in [-0.3, -0.25) is 4.18 Å². The number of rotatable bonds is 14. The van der Waals surface area contributed by atoms with Crippen molar-refractivity contribution in [2.24, 2.45) is 0 Å². The molecule has 0 aliphatic carbocycles. The second kappa shape index (κ2) is 14.7. The molecule has 1 aromatic carbocycles. The van der Waals surface area contributed by atoms with Crippen LogP contribution in [0.4, 0.5) is 0 Å². The first-order valence-electron chi connectivity index (χ1n) is 10.5. The SMILES string of the molecule is CCCCCCCCC#CCCCCCCOS(=O)(=O)c1ccc(C)cc1. The van der Waals surface area contributed by atoms with E-state index in [0.29, 0.717) is 0 Å². The van der Waals surface area contributed by atoms with Crippen molar-refractivity contribution in [1.29, 1.82) is 0 Å². The first kappa shape index (κ1) is 23.7. The molecule has 0 radical (unpaired) electrons. The summed E-state index contributed by atoms with van der Waals surface area (Å²) in [6.07, 6.45) is 13.7. The third-order valence-corrected chi connectivity index (χ3v) is 5.85. The topological polar surface area (TPSA) is 43.4 Å². The molecule has 0 heterocycles. The van der Waals surface area contributed by atoms with Crippen molar-refractivity contribution in [3.63, 3.8) is 0 Å². The van der Waals surface area contributed by atoms with Crippen LogP contribution in [0.2, 0.25) is 0 Å². The highest BCUT2D eigenvalue weighted by atomic mass is 32.2. The van der Waals surface area contributed by atoms with Gasteiger partial charge in [0, 0.05) is 12.8 Å². The van der Waals surface area contributed by atoms with E-state index in [1.807, 2.05) is 6.92 Å². The Morgan fingerprint density at radius 1 is 0.778 bits per heavy atom. The van der Waals surface area contributed by atoms with Crippen LogP contribution in [0.25, 0.3) is 0 Å².